The van der Waals surface area contributed by atoms with Gasteiger partial charge in [0.05, 0.1) is 10.9 Å². The molecule has 3 rings (SSSR count). The summed E-state index contributed by atoms with van der Waals surface area (Å²) in [5.74, 6) is 0.629. The molecule has 1 N–H and O–H groups in total. The summed E-state index contributed by atoms with van der Waals surface area (Å²) in [6.45, 7) is 0. The number of nitrogens with one attached hydrogen (secondary N) is 1. The maximum atomic E-state index is 11.9. The number of H-pyrrole nitrogens is 1. The van der Waals surface area contributed by atoms with Gasteiger partial charge in [0.1, 0.15) is 5.82 Å². The van der Waals surface area contributed by atoms with Crippen molar-refractivity contribution < 1.29 is 0 Å². The van der Waals surface area contributed by atoms with Gasteiger partial charge in [-0.05, 0) is 18.9 Å². The molecule has 2 aromatic rings. The Kier molecular flexibility index (Phi) is 2.33. The molecule has 0 bridgehead atoms. The Morgan fingerprint density at radius 1 is 1.29 bits per heavy atom. The van der Waals surface area contributed by atoms with Crippen molar-refractivity contribution in [3.8, 4) is 0 Å². The summed E-state index contributed by atoms with van der Waals surface area (Å²) in [6.07, 6.45) is 11.4. The van der Waals surface area contributed by atoms with Crippen LogP contribution in [-0.4, -0.2) is 15.0 Å². The molecule has 4 heteroatoms. The van der Waals surface area contributed by atoms with Gasteiger partial charge in [0.15, 0.2) is 0 Å². The molecule has 2 aromatic heterocycles. The summed E-state index contributed by atoms with van der Waals surface area (Å²) in [6, 6.07) is 1.75. The van der Waals surface area contributed by atoms with Crippen LogP contribution in [0.2, 0.25) is 0 Å². The van der Waals surface area contributed by atoms with Gasteiger partial charge in [-0.2, -0.15) is 0 Å². The van der Waals surface area contributed by atoms with Gasteiger partial charge in [-0.1, -0.05) is 18.2 Å². The number of rotatable bonds is 1. The fraction of sp³-hybridized carbons (Fsp3) is 0.154. The van der Waals surface area contributed by atoms with E-state index in [2.05, 4.69) is 27.1 Å². The van der Waals surface area contributed by atoms with E-state index in [4.69, 9.17) is 0 Å². The van der Waals surface area contributed by atoms with Gasteiger partial charge in [-0.3, -0.25) is 9.78 Å². The van der Waals surface area contributed by atoms with E-state index in [1.165, 1.54) is 6.20 Å². The van der Waals surface area contributed by atoms with Crippen LogP contribution in [0.4, 0.5) is 0 Å². The van der Waals surface area contributed by atoms with Crippen molar-refractivity contribution in [3.63, 3.8) is 0 Å². The van der Waals surface area contributed by atoms with Crippen molar-refractivity contribution in [2.24, 2.45) is 0 Å². The minimum absolute atomic E-state index is 0.141. The molecule has 1 aliphatic carbocycles. The van der Waals surface area contributed by atoms with E-state index in [1.54, 1.807) is 12.3 Å². The monoisotopic (exact) mass is 225 g/mol. The number of aromatic amines is 1. The third-order valence-electron chi connectivity index (χ3n) is 2.78. The lowest BCUT2D eigenvalue weighted by Gasteiger charge is -2.06. The van der Waals surface area contributed by atoms with E-state index in [9.17, 15) is 4.79 Å². The van der Waals surface area contributed by atoms with Gasteiger partial charge >= 0.3 is 0 Å². The summed E-state index contributed by atoms with van der Waals surface area (Å²) in [5.41, 5.74) is 1.52. The lowest BCUT2D eigenvalue weighted by atomic mass is 10.1. The summed E-state index contributed by atoms with van der Waals surface area (Å²) in [7, 11) is 0. The van der Waals surface area contributed by atoms with Crippen LogP contribution in [0.15, 0.2) is 41.5 Å². The second kappa shape index (κ2) is 3.97. The number of aromatic nitrogens is 3. The molecule has 1 aliphatic rings. The average Bonchev–Trinajstić information content (AvgIpc) is 2.40. The van der Waals surface area contributed by atoms with E-state index in [-0.39, 0.29) is 5.56 Å². The topological polar surface area (TPSA) is 58.6 Å². The standard InChI is InChI=1S/C13H11N3O/c17-13-10-8-14-7-6-11(10)15-12(16-13)9-4-2-1-3-5-9/h2,4-8H,1,3H2,(H,15,16,17). The zero-order valence-electron chi connectivity index (χ0n) is 9.18. The smallest absolute Gasteiger partial charge is 0.260 e. The molecule has 0 unspecified atom stereocenters. The van der Waals surface area contributed by atoms with E-state index >= 15 is 0 Å². The number of pyridine rings is 1. The number of fused-ring (bicyclic) bond motifs is 1. The van der Waals surface area contributed by atoms with Crippen molar-refractivity contribution in [1.29, 1.82) is 0 Å². The normalized spacial score (nSPS) is 14.9. The fourth-order valence-corrected chi connectivity index (χ4v) is 1.91. The predicted octanol–water partition coefficient (Wildman–Crippen LogP) is 2.05. The van der Waals surface area contributed by atoms with Crippen molar-refractivity contribution in [1.82, 2.24) is 15.0 Å². The predicted molar refractivity (Wildman–Crippen MR) is 66.5 cm³/mol. The number of nitrogens with zero attached hydrogens (tertiary/aromatic N) is 2. The first kappa shape index (κ1) is 9.96. The molecule has 0 spiro atoms. The van der Waals surface area contributed by atoms with Crippen LogP contribution in [0.1, 0.15) is 18.7 Å². The highest BCUT2D eigenvalue weighted by molar-refractivity contribution is 5.79. The lowest BCUT2D eigenvalue weighted by Crippen LogP contribution is -2.11. The van der Waals surface area contributed by atoms with E-state index in [0.29, 0.717) is 16.7 Å². The molecule has 0 radical (unpaired) electrons. The largest absolute Gasteiger partial charge is 0.306 e. The zero-order valence-corrected chi connectivity index (χ0v) is 9.18. The first-order valence-electron chi connectivity index (χ1n) is 5.56. The minimum Gasteiger partial charge on any atom is -0.306 e. The molecule has 0 aromatic carbocycles. The van der Waals surface area contributed by atoms with Crippen LogP contribution in [0.3, 0.4) is 0 Å². The number of hydrogen-bond acceptors (Lipinski definition) is 3. The van der Waals surface area contributed by atoms with Crippen LogP contribution in [0.5, 0.6) is 0 Å². The van der Waals surface area contributed by atoms with Crippen LogP contribution in [0.25, 0.3) is 16.5 Å². The molecule has 0 saturated carbocycles. The van der Waals surface area contributed by atoms with Gasteiger partial charge in [-0.15, -0.1) is 0 Å². The highest BCUT2D eigenvalue weighted by atomic mass is 16.1. The first-order valence-corrected chi connectivity index (χ1v) is 5.56. The van der Waals surface area contributed by atoms with Crippen molar-refractivity contribution in [2.45, 2.75) is 12.8 Å². The molecule has 0 atom stereocenters. The quantitative estimate of drug-likeness (QED) is 0.808. The average molecular weight is 225 g/mol. The van der Waals surface area contributed by atoms with Crippen molar-refractivity contribution in [3.05, 3.63) is 52.9 Å². The molecule has 17 heavy (non-hydrogen) atoms. The first-order chi connectivity index (χ1) is 8.34. The maximum Gasteiger partial charge on any atom is 0.260 e. The maximum absolute atomic E-state index is 11.9. The van der Waals surface area contributed by atoms with Crippen LogP contribution >= 0.6 is 0 Å². The number of allylic oxidation sites excluding steroid dienone is 4. The molecule has 0 aliphatic heterocycles. The second-order valence-electron chi connectivity index (χ2n) is 3.95. The Hall–Kier alpha value is -2.23. The van der Waals surface area contributed by atoms with Crippen molar-refractivity contribution >= 4 is 16.5 Å². The summed E-state index contributed by atoms with van der Waals surface area (Å²) < 4.78 is 0. The highest BCUT2D eigenvalue weighted by Gasteiger charge is 2.07. The Bertz CT molecular complexity index is 682. The Morgan fingerprint density at radius 3 is 3.06 bits per heavy atom. The molecule has 0 saturated heterocycles. The summed E-state index contributed by atoms with van der Waals surface area (Å²) in [5, 5.41) is 0.525. The van der Waals surface area contributed by atoms with Gasteiger partial charge in [0.25, 0.3) is 5.56 Å². The van der Waals surface area contributed by atoms with E-state index < -0.39 is 0 Å². The second-order valence-corrected chi connectivity index (χ2v) is 3.95. The third-order valence-corrected chi connectivity index (χ3v) is 2.78. The molecular weight excluding hydrogens is 214 g/mol. The van der Waals surface area contributed by atoms with Gasteiger partial charge < -0.3 is 4.98 Å². The SMILES string of the molecule is O=c1[nH]c(C2=CCCC=C2)nc2ccncc12. The zero-order chi connectivity index (χ0) is 11.7. The third kappa shape index (κ3) is 1.78. The summed E-state index contributed by atoms with van der Waals surface area (Å²) >= 11 is 0. The van der Waals surface area contributed by atoms with Gasteiger partial charge in [-0.25, -0.2) is 4.98 Å². The lowest BCUT2D eigenvalue weighted by molar-refractivity contribution is 1.03. The molecular formula is C13H11N3O. The van der Waals surface area contributed by atoms with E-state index in [0.717, 1.165) is 18.4 Å². The Labute approximate surface area is 97.7 Å². The molecule has 2 heterocycles. The minimum atomic E-state index is -0.141. The van der Waals surface area contributed by atoms with Crippen LogP contribution in [-0.2, 0) is 0 Å². The van der Waals surface area contributed by atoms with E-state index in [1.807, 2.05) is 6.08 Å². The van der Waals surface area contributed by atoms with Gasteiger partial charge in [0.2, 0.25) is 0 Å². The molecule has 0 fully saturated rings. The fourth-order valence-electron chi connectivity index (χ4n) is 1.91. The van der Waals surface area contributed by atoms with Crippen LogP contribution < -0.4 is 5.56 Å². The molecule has 0 amide bonds. The van der Waals surface area contributed by atoms with Gasteiger partial charge in [0, 0.05) is 18.0 Å². The summed E-state index contributed by atoms with van der Waals surface area (Å²) in [4.78, 5) is 23.0. The molecule has 4 nitrogen and oxygen atoms in total. The van der Waals surface area contributed by atoms with Crippen molar-refractivity contribution in [2.75, 3.05) is 0 Å². The number of hydrogen-bond donors (Lipinski definition) is 1. The highest BCUT2D eigenvalue weighted by Crippen LogP contribution is 2.18. The Balaban J connectivity index is 2.22. The molecule has 84 valence electrons. The Morgan fingerprint density at radius 2 is 2.24 bits per heavy atom. The van der Waals surface area contributed by atoms with Crippen LogP contribution in [0, 0.1) is 0 Å².